The maximum absolute atomic E-state index is 12.1. The van der Waals surface area contributed by atoms with Crippen molar-refractivity contribution < 1.29 is 17.9 Å². The van der Waals surface area contributed by atoms with Gasteiger partial charge < -0.3 is 9.64 Å². The molecule has 0 saturated carbocycles. The molecule has 0 bridgehead atoms. The molecule has 5 nitrogen and oxygen atoms in total. The van der Waals surface area contributed by atoms with E-state index in [9.17, 15) is 13.2 Å². The van der Waals surface area contributed by atoms with Gasteiger partial charge in [0.05, 0.1) is 12.4 Å². The maximum Gasteiger partial charge on any atom is 0.237 e. The first-order valence-corrected chi connectivity index (χ1v) is 8.47. The predicted octanol–water partition coefficient (Wildman–Crippen LogP) is 1.19. The molecule has 0 aromatic rings. The minimum atomic E-state index is -3.38. The predicted molar refractivity (Wildman–Crippen MR) is 76.8 cm³/mol. The summed E-state index contributed by atoms with van der Waals surface area (Å²) in [6.07, 6.45) is 0. The highest BCUT2D eigenvalue weighted by Crippen LogP contribution is 2.06. The van der Waals surface area contributed by atoms with E-state index >= 15 is 0 Å². The minimum absolute atomic E-state index is 0.105. The van der Waals surface area contributed by atoms with Crippen molar-refractivity contribution in [2.45, 2.75) is 27.7 Å². The molecule has 6 heteroatoms. The zero-order chi connectivity index (χ0) is 15.1. The van der Waals surface area contributed by atoms with Crippen molar-refractivity contribution in [1.29, 1.82) is 0 Å². The van der Waals surface area contributed by atoms with Crippen LogP contribution in [0, 0.1) is 11.8 Å². The number of ether oxygens (including phenoxy) is 1. The lowest BCUT2D eigenvalue weighted by Gasteiger charge is -2.26. The molecule has 0 atom stereocenters. The molecule has 19 heavy (non-hydrogen) atoms. The third-order valence-electron chi connectivity index (χ3n) is 2.47. The van der Waals surface area contributed by atoms with E-state index in [0.717, 1.165) is 0 Å². The highest BCUT2D eigenvalue weighted by Gasteiger charge is 2.22. The number of methoxy groups -OCH3 is 1. The van der Waals surface area contributed by atoms with E-state index in [1.165, 1.54) is 7.11 Å². The molecule has 0 N–H and O–H groups in total. The molecule has 0 fully saturated rings. The molecule has 0 rings (SSSR count). The average Bonchev–Trinajstić information content (AvgIpc) is 2.23. The second-order valence-corrected chi connectivity index (χ2v) is 7.86. The molecule has 1 amide bonds. The van der Waals surface area contributed by atoms with Crippen molar-refractivity contribution in [3.8, 4) is 0 Å². The van der Waals surface area contributed by atoms with Gasteiger partial charge in [-0.05, 0) is 11.8 Å². The lowest BCUT2D eigenvalue weighted by molar-refractivity contribution is -0.129. The van der Waals surface area contributed by atoms with E-state index in [1.807, 2.05) is 27.7 Å². The van der Waals surface area contributed by atoms with E-state index in [2.05, 4.69) is 0 Å². The summed E-state index contributed by atoms with van der Waals surface area (Å²) >= 11 is 0. The fourth-order valence-corrected chi connectivity index (χ4v) is 2.85. The first kappa shape index (κ1) is 18.4. The Balaban J connectivity index is 4.62. The normalized spacial score (nSPS) is 12.2. The van der Waals surface area contributed by atoms with Crippen molar-refractivity contribution >= 4 is 15.7 Å². The topological polar surface area (TPSA) is 63.7 Å². The quantitative estimate of drug-likeness (QED) is 0.640. The highest BCUT2D eigenvalue weighted by atomic mass is 32.2. The standard InChI is InChI=1S/C13H27NO4S/c1-11(2)8-14(9-12(3)4)13(15)10-19(16,17)7-6-18-5/h11-12H,6-10H2,1-5H3. The zero-order valence-electron chi connectivity index (χ0n) is 12.7. The van der Waals surface area contributed by atoms with Gasteiger partial charge in [0.1, 0.15) is 5.75 Å². The van der Waals surface area contributed by atoms with Gasteiger partial charge in [-0.25, -0.2) is 8.42 Å². The first-order valence-electron chi connectivity index (χ1n) is 6.65. The van der Waals surface area contributed by atoms with Crippen LogP contribution in [0.1, 0.15) is 27.7 Å². The van der Waals surface area contributed by atoms with E-state index in [4.69, 9.17) is 4.74 Å². The number of hydrogen-bond donors (Lipinski definition) is 0. The second kappa shape index (κ2) is 8.53. The largest absolute Gasteiger partial charge is 0.384 e. The molecule has 0 aliphatic heterocycles. The van der Waals surface area contributed by atoms with Gasteiger partial charge in [-0.2, -0.15) is 0 Å². The molecule has 0 aromatic carbocycles. The fourth-order valence-electron chi connectivity index (χ4n) is 1.72. The van der Waals surface area contributed by atoms with Crippen LogP contribution in [-0.2, 0) is 19.4 Å². The average molecular weight is 293 g/mol. The van der Waals surface area contributed by atoms with Crippen LogP contribution >= 0.6 is 0 Å². The van der Waals surface area contributed by atoms with Gasteiger partial charge in [0.15, 0.2) is 9.84 Å². The fraction of sp³-hybridized carbons (Fsp3) is 0.923. The molecular weight excluding hydrogens is 266 g/mol. The van der Waals surface area contributed by atoms with Crippen molar-refractivity contribution in [2.24, 2.45) is 11.8 Å². The second-order valence-electron chi connectivity index (χ2n) is 5.67. The Hall–Kier alpha value is -0.620. The van der Waals surface area contributed by atoms with Crippen LogP contribution < -0.4 is 0 Å². The van der Waals surface area contributed by atoms with Crippen molar-refractivity contribution in [1.82, 2.24) is 4.90 Å². The molecule has 0 spiro atoms. The van der Waals surface area contributed by atoms with Gasteiger partial charge in [0, 0.05) is 20.2 Å². The van der Waals surface area contributed by atoms with Gasteiger partial charge in [-0.1, -0.05) is 27.7 Å². The van der Waals surface area contributed by atoms with Crippen LogP contribution in [0.25, 0.3) is 0 Å². The Labute approximate surface area is 117 Å². The van der Waals surface area contributed by atoms with Gasteiger partial charge in [-0.3, -0.25) is 4.79 Å². The van der Waals surface area contributed by atoms with Crippen LogP contribution in [0.5, 0.6) is 0 Å². The van der Waals surface area contributed by atoms with Crippen molar-refractivity contribution in [3.63, 3.8) is 0 Å². The number of nitrogens with zero attached hydrogens (tertiary/aromatic N) is 1. The SMILES string of the molecule is COCCS(=O)(=O)CC(=O)N(CC(C)C)CC(C)C. The van der Waals surface area contributed by atoms with E-state index in [1.54, 1.807) is 4.90 Å². The Kier molecular flexibility index (Phi) is 8.25. The molecule has 0 aromatic heterocycles. The number of carbonyl (C=O) groups is 1. The summed E-state index contributed by atoms with van der Waals surface area (Å²) < 4.78 is 28.2. The Morgan fingerprint density at radius 2 is 1.58 bits per heavy atom. The number of amides is 1. The third kappa shape index (κ3) is 8.99. The summed E-state index contributed by atoms with van der Waals surface area (Å²) in [7, 11) is -1.93. The summed E-state index contributed by atoms with van der Waals surface area (Å²) in [5, 5.41) is 0. The van der Waals surface area contributed by atoms with Gasteiger partial charge in [-0.15, -0.1) is 0 Å². The molecule has 0 saturated heterocycles. The summed E-state index contributed by atoms with van der Waals surface area (Å²) in [6, 6.07) is 0. The van der Waals surface area contributed by atoms with Gasteiger partial charge in [0.25, 0.3) is 0 Å². The number of carbonyl (C=O) groups excluding carboxylic acids is 1. The minimum Gasteiger partial charge on any atom is -0.384 e. The van der Waals surface area contributed by atoms with Crippen LogP contribution in [0.2, 0.25) is 0 Å². The van der Waals surface area contributed by atoms with E-state index in [0.29, 0.717) is 24.9 Å². The summed E-state index contributed by atoms with van der Waals surface area (Å²) in [6.45, 7) is 9.37. The Bertz CT molecular complexity index is 353. The smallest absolute Gasteiger partial charge is 0.237 e. The summed E-state index contributed by atoms with van der Waals surface area (Å²) in [5.41, 5.74) is 0. The summed E-state index contributed by atoms with van der Waals surface area (Å²) in [5.74, 6) is -0.186. The van der Waals surface area contributed by atoms with Crippen LogP contribution in [0.3, 0.4) is 0 Å². The Morgan fingerprint density at radius 1 is 1.11 bits per heavy atom. The first-order chi connectivity index (χ1) is 8.68. The maximum atomic E-state index is 12.1. The third-order valence-corrected chi connectivity index (χ3v) is 3.94. The number of sulfone groups is 1. The summed E-state index contributed by atoms with van der Waals surface area (Å²) in [4.78, 5) is 13.8. The lowest BCUT2D eigenvalue weighted by atomic mass is 10.1. The molecule has 0 unspecified atom stereocenters. The van der Waals surface area contributed by atoms with Gasteiger partial charge in [0.2, 0.25) is 5.91 Å². The Morgan fingerprint density at radius 3 is 1.95 bits per heavy atom. The zero-order valence-corrected chi connectivity index (χ0v) is 13.5. The van der Waals surface area contributed by atoms with Gasteiger partial charge >= 0.3 is 0 Å². The number of hydrogen-bond acceptors (Lipinski definition) is 4. The van der Waals surface area contributed by atoms with Crippen molar-refractivity contribution in [2.75, 3.05) is 38.3 Å². The molecule has 0 heterocycles. The molecule has 0 aliphatic rings. The molecular formula is C13H27NO4S. The monoisotopic (exact) mass is 293 g/mol. The van der Waals surface area contributed by atoms with Crippen LogP contribution in [-0.4, -0.2) is 57.5 Å². The van der Waals surface area contributed by atoms with E-state index < -0.39 is 15.6 Å². The van der Waals surface area contributed by atoms with E-state index in [-0.39, 0.29) is 18.3 Å². The van der Waals surface area contributed by atoms with Crippen molar-refractivity contribution in [3.05, 3.63) is 0 Å². The van der Waals surface area contributed by atoms with Crippen LogP contribution in [0.4, 0.5) is 0 Å². The molecule has 0 radical (unpaired) electrons. The molecule has 114 valence electrons. The molecule has 0 aliphatic carbocycles. The number of rotatable bonds is 9. The highest BCUT2D eigenvalue weighted by molar-refractivity contribution is 7.92. The lowest BCUT2D eigenvalue weighted by Crippen LogP contribution is -2.41. The van der Waals surface area contributed by atoms with Crippen LogP contribution in [0.15, 0.2) is 0 Å².